The van der Waals surface area contributed by atoms with Gasteiger partial charge in [-0.15, -0.1) is 0 Å². The van der Waals surface area contributed by atoms with E-state index in [0.29, 0.717) is 11.3 Å². The van der Waals surface area contributed by atoms with E-state index in [2.05, 4.69) is 10.6 Å². The van der Waals surface area contributed by atoms with Gasteiger partial charge in [-0.1, -0.05) is 48.5 Å². The Hall–Kier alpha value is -3.99. The summed E-state index contributed by atoms with van der Waals surface area (Å²) in [4.78, 5) is 24.8. The predicted octanol–water partition coefficient (Wildman–Crippen LogP) is 5.48. The number of amides is 2. The summed E-state index contributed by atoms with van der Waals surface area (Å²) >= 11 is 0. The van der Waals surface area contributed by atoms with Crippen LogP contribution in [-0.2, 0) is 0 Å². The third-order valence-electron chi connectivity index (χ3n) is 4.56. The number of rotatable bonds is 4. The fourth-order valence-corrected chi connectivity index (χ4v) is 3.08. The molecular weight excluding hydrogens is 367 g/mol. The molecule has 5 heteroatoms. The van der Waals surface area contributed by atoms with E-state index in [0.717, 1.165) is 16.5 Å². The van der Waals surface area contributed by atoms with Crippen molar-refractivity contribution in [2.45, 2.75) is 0 Å². The van der Waals surface area contributed by atoms with Crippen LogP contribution in [0, 0.1) is 5.82 Å². The molecule has 4 aromatic carbocycles. The van der Waals surface area contributed by atoms with Crippen LogP contribution in [0.2, 0.25) is 0 Å². The minimum Gasteiger partial charge on any atom is -0.322 e. The molecule has 0 radical (unpaired) electrons. The summed E-state index contributed by atoms with van der Waals surface area (Å²) < 4.78 is 13.7. The highest BCUT2D eigenvalue weighted by atomic mass is 19.1. The van der Waals surface area contributed by atoms with E-state index in [-0.39, 0.29) is 11.5 Å². The molecule has 4 nitrogen and oxygen atoms in total. The van der Waals surface area contributed by atoms with Crippen LogP contribution in [-0.4, -0.2) is 11.8 Å². The Morgan fingerprint density at radius 3 is 2.14 bits per heavy atom. The largest absolute Gasteiger partial charge is 0.322 e. The summed E-state index contributed by atoms with van der Waals surface area (Å²) in [5, 5.41) is 7.54. The molecule has 142 valence electrons. The Bertz CT molecular complexity index is 1200. The summed E-state index contributed by atoms with van der Waals surface area (Å²) in [7, 11) is 0. The first-order valence-electron chi connectivity index (χ1n) is 9.07. The van der Waals surface area contributed by atoms with Gasteiger partial charge in [0.1, 0.15) is 5.82 Å². The number of carbonyl (C=O) groups is 2. The fourth-order valence-electron chi connectivity index (χ4n) is 3.08. The maximum Gasteiger partial charge on any atom is 0.258 e. The molecule has 0 bridgehead atoms. The highest BCUT2D eigenvalue weighted by Crippen LogP contribution is 2.23. The Morgan fingerprint density at radius 1 is 0.655 bits per heavy atom. The van der Waals surface area contributed by atoms with E-state index in [4.69, 9.17) is 0 Å². The molecule has 0 aliphatic carbocycles. The molecule has 0 atom stereocenters. The number of hydrogen-bond donors (Lipinski definition) is 2. The van der Waals surface area contributed by atoms with Crippen molar-refractivity contribution in [2.75, 3.05) is 10.6 Å². The number of hydrogen-bond acceptors (Lipinski definition) is 2. The van der Waals surface area contributed by atoms with Crippen molar-refractivity contribution in [2.24, 2.45) is 0 Å². The molecule has 0 spiro atoms. The summed E-state index contributed by atoms with van der Waals surface area (Å²) in [6, 6.07) is 25.7. The predicted molar refractivity (Wildman–Crippen MR) is 113 cm³/mol. The minimum absolute atomic E-state index is 0.0368. The summed E-state index contributed by atoms with van der Waals surface area (Å²) in [5.74, 6) is -1.39. The standard InChI is InChI=1S/C24H17FN2O2/c25-21-10-4-3-9-20(21)24(29)26-18-14-12-17(13-15-18)23(28)27-22-11-5-7-16-6-1-2-8-19(16)22/h1-15H,(H,26,29)(H,27,28). The average Bonchev–Trinajstić information content (AvgIpc) is 2.75. The number of benzene rings is 4. The molecule has 0 saturated carbocycles. The smallest absolute Gasteiger partial charge is 0.258 e. The molecule has 4 rings (SSSR count). The van der Waals surface area contributed by atoms with Gasteiger partial charge in [-0.3, -0.25) is 9.59 Å². The van der Waals surface area contributed by atoms with Crippen LogP contribution in [0.4, 0.5) is 15.8 Å². The second kappa shape index (κ2) is 7.94. The Morgan fingerprint density at radius 2 is 1.34 bits per heavy atom. The molecule has 29 heavy (non-hydrogen) atoms. The number of nitrogens with one attached hydrogen (secondary N) is 2. The van der Waals surface area contributed by atoms with E-state index >= 15 is 0 Å². The number of fused-ring (bicyclic) bond motifs is 1. The summed E-state index contributed by atoms with van der Waals surface area (Å²) in [6.45, 7) is 0. The average molecular weight is 384 g/mol. The van der Waals surface area contributed by atoms with E-state index in [1.165, 1.54) is 18.2 Å². The van der Waals surface area contributed by atoms with Crippen LogP contribution in [0.3, 0.4) is 0 Å². The highest BCUT2D eigenvalue weighted by Gasteiger charge is 2.12. The van der Waals surface area contributed by atoms with Gasteiger partial charge in [0.25, 0.3) is 11.8 Å². The molecular formula is C24H17FN2O2. The lowest BCUT2D eigenvalue weighted by Gasteiger charge is -2.10. The Kier molecular flexibility index (Phi) is 5.03. The zero-order valence-corrected chi connectivity index (χ0v) is 15.4. The van der Waals surface area contributed by atoms with Crippen molar-refractivity contribution in [3.63, 3.8) is 0 Å². The van der Waals surface area contributed by atoms with Gasteiger partial charge >= 0.3 is 0 Å². The molecule has 0 heterocycles. The van der Waals surface area contributed by atoms with Gasteiger partial charge in [0.2, 0.25) is 0 Å². The van der Waals surface area contributed by atoms with Crippen LogP contribution in [0.5, 0.6) is 0 Å². The molecule has 4 aromatic rings. The molecule has 0 saturated heterocycles. The zero-order chi connectivity index (χ0) is 20.2. The quantitative estimate of drug-likeness (QED) is 0.489. The third-order valence-corrected chi connectivity index (χ3v) is 4.56. The van der Waals surface area contributed by atoms with E-state index in [9.17, 15) is 14.0 Å². The fraction of sp³-hybridized carbons (Fsp3) is 0. The van der Waals surface area contributed by atoms with Crippen LogP contribution in [0.15, 0.2) is 91.0 Å². The van der Waals surface area contributed by atoms with Crippen molar-refractivity contribution >= 4 is 34.0 Å². The topological polar surface area (TPSA) is 58.2 Å². The highest BCUT2D eigenvalue weighted by molar-refractivity contribution is 6.09. The van der Waals surface area contributed by atoms with Crippen LogP contribution in [0.1, 0.15) is 20.7 Å². The van der Waals surface area contributed by atoms with Gasteiger partial charge in [0.15, 0.2) is 0 Å². The van der Waals surface area contributed by atoms with Crippen LogP contribution < -0.4 is 10.6 Å². The van der Waals surface area contributed by atoms with Gasteiger partial charge in [0.05, 0.1) is 5.56 Å². The number of anilines is 2. The van der Waals surface area contributed by atoms with Gasteiger partial charge in [-0.25, -0.2) is 4.39 Å². The molecule has 0 aromatic heterocycles. The minimum atomic E-state index is -0.587. The van der Waals surface area contributed by atoms with Crippen molar-refractivity contribution in [1.82, 2.24) is 0 Å². The summed E-state index contributed by atoms with van der Waals surface area (Å²) in [5.41, 5.74) is 1.61. The zero-order valence-electron chi connectivity index (χ0n) is 15.4. The lowest BCUT2D eigenvalue weighted by molar-refractivity contribution is 0.101. The maximum atomic E-state index is 13.7. The van der Waals surface area contributed by atoms with Crippen molar-refractivity contribution in [3.05, 3.63) is 108 Å². The Labute approximate surface area is 167 Å². The molecule has 2 N–H and O–H groups in total. The second-order valence-electron chi connectivity index (χ2n) is 6.49. The van der Waals surface area contributed by atoms with Crippen molar-refractivity contribution in [3.8, 4) is 0 Å². The van der Waals surface area contributed by atoms with Crippen molar-refractivity contribution in [1.29, 1.82) is 0 Å². The molecule has 0 aliphatic rings. The maximum absolute atomic E-state index is 13.7. The Balaban J connectivity index is 1.48. The van der Waals surface area contributed by atoms with E-state index in [1.54, 1.807) is 30.3 Å². The monoisotopic (exact) mass is 384 g/mol. The lowest BCUT2D eigenvalue weighted by atomic mass is 10.1. The SMILES string of the molecule is O=C(Nc1cccc2ccccc12)c1ccc(NC(=O)c2ccccc2F)cc1. The first kappa shape index (κ1) is 18.4. The van der Waals surface area contributed by atoms with Gasteiger partial charge in [-0.2, -0.15) is 0 Å². The molecule has 0 fully saturated rings. The number of carbonyl (C=O) groups excluding carboxylic acids is 2. The molecule has 0 aliphatic heterocycles. The van der Waals surface area contributed by atoms with E-state index < -0.39 is 11.7 Å². The van der Waals surface area contributed by atoms with E-state index in [1.807, 2.05) is 42.5 Å². The first-order chi connectivity index (χ1) is 14.1. The summed E-state index contributed by atoms with van der Waals surface area (Å²) in [6.07, 6.45) is 0. The van der Waals surface area contributed by atoms with Crippen LogP contribution >= 0.6 is 0 Å². The first-order valence-corrected chi connectivity index (χ1v) is 9.07. The van der Waals surface area contributed by atoms with Gasteiger partial charge < -0.3 is 10.6 Å². The van der Waals surface area contributed by atoms with Crippen molar-refractivity contribution < 1.29 is 14.0 Å². The number of halogens is 1. The van der Waals surface area contributed by atoms with Gasteiger partial charge in [-0.05, 0) is 47.9 Å². The lowest BCUT2D eigenvalue weighted by Crippen LogP contribution is -2.14. The normalized spacial score (nSPS) is 10.5. The van der Waals surface area contributed by atoms with Gasteiger partial charge in [0, 0.05) is 22.3 Å². The molecule has 2 amide bonds. The molecule has 0 unspecified atom stereocenters. The van der Waals surface area contributed by atoms with Crippen LogP contribution in [0.25, 0.3) is 10.8 Å². The third kappa shape index (κ3) is 3.99. The second-order valence-corrected chi connectivity index (χ2v) is 6.49.